The molecule has 17 heavy (non-hydrogen) atoms. The molecule has 1 unspecified atom stereocenters. The summed E-state index contributed by atoms with van der Waals surface area (Å²) in [5.74, 6) is 0.429. The predicted octanol–water partition coefficient (Wildman–Crippen LogP) is -0.330. The Bertz CT molecular complexity index is 446. The van der Waals surface area contributed by atoms with E-state index in [0.29, 0.717) is 19.1 Å². The van der Waals surface area contributed by atoms with E-state index >= 15 is 0 Å². The van der Waals surface area contributed by atoms with Crippen LogP contribution in [0.5, 0.6) is 0 Å². The Hall–Kier alpha value is -2.07. The van der Waals surface area contributed by atoms with Crippen molar-refractivity contribution in [3.63, 3.8) is 0 Å². The summed E-state index contributed by atoms with van der Waals surface area (Å²) in [7, 11) is 1.61. The lowest BCUT2D eigenvalue weighted by atomic mass is 10.1. The molecule has 0 radical (unpaired) electrons. The van der Waals surface area contributed by atoms with Crippen LogP contribution in [0.15, 0.2) is 11.3 Å². The molecular formula is C10H14N6O. The molecule has 90 valence electrons. The molecule has 7 nitrogen and oxygen atoms in total. The normalized spacial score (nSPS) is 19.3. The van der Waals surface area contributed by atoms with Crippen LogP contribution in [0.2, 0.25) is 0 Å². The van der Waals surface area contributed by atoms with Crippen LogP contribution in [0.4, 0.5) is 0 Å². The molecule has 1 aliphatic rings. The third-order valence-electron chi connectivity index (χ3n) is 2.58. The van der Waals surface area contributed by atoms with Crippen LogP contribution in [0.3, 0.4) is 0 Å². The first kappa shape index (κ1) is 11.4. The number of ether oxygens (including phenoxy) is 1. The lowest BCUT2D eigenvalue weighted by molar-refractivity contribution is 0.0421. The average Bonchev–Trinajstić information content (AvgIpc) is 2.83. The first-order valence-corrected chi connectivity index (χ1v) is 5.34. The lowest BCUT2D eigenvalue weighted by Crippen LogP contribution is -2.38. The summed E-state index contributed by atoms with van der Waals surface area (Å²) in [6.07, 6.45) is 4.24. The number of hydrogen-bond donors (Lipinski definition) is 3. The number of rotatable bonds is 2. The minimum Gasteiger partial charge on any atom is -0.370 e. The van der Waals surface area contributed by atoms with Gasteiger partial charge < -0.3 is 15.0 Å². The van der Waals surface area contributed by atoms with Crippen LogP contribution >= 0.6 is 0 Å². The summed E-state index contributed by atoms with van der Waals surface area (Å²) in [5.41, 5.74) is 2.04. The van der Waals surface area contributed by atoms with E-state index < -0.39 is 0 Å². The second-order valence-corrected chi connectivity index (χ2v) is 3.57. The van der Waals surface area contributed by atoms with Gasteiger partial charge >= 0.3 is 0 Å². The molecule has 3 N–H and O–H groups in total. The minimum atomic E-state index is -0.109. The average molecular weight is 234 g/mol. The van der Waals surface area contributed by atoms with Crippen LogP contribution in [-0.4, -0.2) is 36.1 Å². The summed E-state index contributed by atoms with van der Waals surface area (Å²) in [5, 5.41) is 14.0. The third-order valence-corrected chi connectivity index (χ3v) is 2.58. The summed E-state index contributed by atoms with van der Waals surface area (Å²) in [6.45, 7) is 1.20. The minimum absolute atomic E-state index is 0.109. The van der Waals surface area contributed by atoms with Crippen molar-refractivity contribution in [2.75, 3.05) is 20.2 Å². The number of nitrogens with one attached hydrogen (secondary N) is 3. The van der Waals surface area contributed by atoms with Crippen LogP contribution < -0.4 is 10.6 Å². The van der Waals surface area contributed by atoms with Crippen LogP contribution in [0.1, 0.15) is 17.5 Å². The van der Waals surface area contributed by atoms with Gasteiger partial charge in [0.2, 0.25) is 5.96 Å². The van der Waals surface area contributed by atoms with E-state index in [1.54, 1.807) is 13.4 Å². The van der Waals surface area contributed by atoms with Crippen molar-refractivity contribution in [3.05, 3.63) is 17.7 Å². The number of aliphatic imine (C=N–C) groups is 1. The quantitative estimate of drug-likeness (QED) is 0.282. The Morgan fingerprint density at radius 3 is 3.47 bits per heavy atom. The fourth-order valence-electron chi connectivity index (χ4n) is 1.77. The van der Waals surface area contributed by atoms with Crippen LogP contribution in [0.25, 0.3) is 0 Å². The second kappa shape index (κ2) is 5.32. The van der Waals surface area contributed by atoms with Gasteiger partial charge in [-0.2, -0.15) is 5.26 Å². The van der Waals surface area contributed by atoms with Gasteiger partial charge in [0.05, 0.1) is 18.6 Å². The van der Waals surface area contributed by atoms with Crippen molar-refractivity contribution >= 4 is 5.96 Å². The van der Waals surface area contributed by atoms with E-state index in [4.69, 9.17) is 10.00 Å². The number of aromatic amines is 1. The van der Waals surface area contributed by atoms with Gasteiger partial charge in [-0.05, 0) is 0 Å². The highest BCUT2D eigenvalue weighted by molar-refractivity contribution is 5.80. The highest BCUT2D eigenvalue weighted by atomic mass is 16.5. The maximum absolute atomic E-state index is 8.50. The van der Waals surface area contributed by atoms with E-state index in [1.165, 1.54) is 0 Å². The summed E-state index contributed by atoms with van der Waals surface area (Å²) in [6, 6.07) is 0. The molecule has 0 amide bonds. The molecule has 2 rings (SSSR count). The first-order valence-electron chi connectivity index (χ1n) is 5.34. The molecule has 0 bridgehead atoms. The Morgan fingerprint density at radius 1 is 1.82 bits per heavy atom. The van der Waals surface area contributed by atoms with Crippen molar-refractivity contribution in [1.82, 2.24) is 20.6 Å². The SMILES string of the molecule is CN=C(NC#N)NCC1OCCc2[nH]cnc21. The number of nitrogens with zero attached hydrogens (tertiary/aromatic N) is 3. The number of H-pyrrole nitrogens is 1. The number of hydrogen-bond acceptors (Lipinski definition) is 4. The van der Waals surface area contributed by atoms with Crippen LogP contribution in [-0.2, 0) is 11.2 Å². The van der Waals surface area contributed by atoms with Crippen molar-refractivity contribution in [2.45, 2.75) is 12.5 Å². The zero-order valence-corrected chi connectivity index (χ0v) is 9.53. The summed E-state index contributed by atoms with van der Waals surface area (Å²) < 4.78 is 5.63. The second-order valence-electron chi connectivity index (χ2n) is 3.57. The molecule has 0 saturated carbocycles. The Balaban J connectivity index is 1.96. The molecule has 0 spiro atoms. The number of guanidine groups is 1. The van der Waals surface area contributed by atoms with Gasteiger partial charge in [0.15, 0.2) is 6.19 Å². The fourth-order valence-corrected chi connectivity index (χ4v) is 1.77. The molecule has 1 atom stereocenters. The zero-order valence-electron chi connectivity index (χ0n) is 9.53. The van der Waals surface area contributed by atoms with Gasteiger partial charge in [-0.1, -0.05) is 0 Å². The monoisotopic (exact) mass is 234 g/mol. The Morgan fingerprint density at radius 2 is 2.71 bits per heavy atom. The molecule has 1 aliphatic heterocycles. The van der Waals surface area contributed by atoms with Gasteiger partial charge in [0.25, 0.3) is 0 Å². The molecule has 7 heteroatoms. The molecule has 1 aromatic heterocycles. The molecule has 1 aromatic rings. The van der Waals surface area contributed by atoms with Crippen molar-refractivity contribution < 1.29 is 4.74 Å². The van der Waals surface area contributed by atoms with E-state index in [2.05, 4.69) is 25.6 Å². The van der Waals surface area contributed by atoms with Gasteiger partial charge in [-0.3, -0.25) is 10.3 Å². The molecule has 0 aliphatic carbocycles. The molecule has 0 aromatic carbocycles. The zero-order chi connectivity index (χ0) is 12.1. The number of imidazole rings is 1. The lowest BCUT2D eigenvalue weighted by Gasteiger charge is -2.22. The van der Waals surface area contributed by atoms with E-state index in [-0.39, 0.29) is 6.10 Å². The topological polar surface area (TPSA) is 98.1 Å². The van der Waals surface area contributed by atoms with Crippen molar-refractivity contribution in [1.29, 1.82) is 5.26 Å². The first-order chi connectivity index (χ1) is 8.35. The fraction of sp³-hybridized carbons (Fsp3) is 0.500. The Labute approximate surface area is 98.9 Å². The maximum Gasteiger partial charge on any atom is 0.204 e. The highest BCUT2D eigenvalue weighted by Crippen LogP contribution is 2.22. The maximum atomic E-state index is 8.50. The predicted molar refractivity (Wildman–Crippen MR) is 61.1 cm³/mol. The van der Waals surface area contributed by atoms with Crippen LogP contribution in [0, 0.1) is 11.5 Å². The largest absolute Gasteiger partial charge is 0.370 e. The number of fused-ring (bicyclic) bond motifs is 1. The number of aromatic nitrogens is 2. The van der Waals surface area contributed by atoms with E-state index in [0.717, 1.165) is 17.8 Å². The molecular weight excluding hydrogens is 220 g/mol. The van der Waals surface area contributed by atoms with Gasteiger partial charge in [0, 0.05) is 25.7 Å². The Kier molecular flexibility index (Phi) is 3.57. The summed E-state index contributed by atoms with van der Waals surface area (Å²) >= 11 is 0. The smallest absolute Gasteiger partial charge is 0.204 e. The van der Waals surface area contributed by atoms with Gasteiger partial charge in [-0.15, -0.1) is 0 Å². The van der Waals surface area contributed by atoms with Crippen molar-refractivity contribution in [2.24, 2.45) is 4.99 Å². The summed E-state index contributed by atoms with van der Waals surface area (Å²) in [4.78, 5) is 11.2. The molecule has 2 heterocycles. The van der Waals surface area contributed by atoms with Gasteiger partial charge in [-0.25, -0.2) is 4.98 Å². The molecule has 0 fully saturated rings. The van der Waals surface area contributed by atoms with Gasteiger partial charge in [0.1, 0.15) is 6.10 Å². The number of nitriles is 1. The van der Waals surface area contributed by atoms with E-state index in [1.807, 2.05) is 6.19 Å². The standard InChI is InChI=1S/C10H14N6O/c1-12-10(14-5-11)13-4-8-9-7(2-3-17-8)15-6-16-9/h6,8H,2-4H2,1H3,(H,15,16)(H2,12,13,14). The third kappa shape index (κ3) is 2.54. The van der Waals surface area contributed by atoms with E-state index in [9.17, 15) is 0 Å². The highest BCUT2D eigenvalue weighted by Gasteiger charge is 2.23. The molecule has 0 saturated heterocycles. The van der Waals surface area contributed by atoms with Crippen molar-refractivity contribution in [3.8, 4) is 6.19 Å².